The number of benzene rings is 1. The zero-order valence-corrected chi connectivity index (χ0v) is 11.2. The van der Waals surface area contributed by atoms with Crippen molar-refractivity contribution in [3.63, 3.8) is 0 Å². The fraction of sp³-hybridized carbons (Fsp3) is 0.385. The standard InChI is InChI=1S/C13H15NO3S/c1-14(9-4-3-5-10(8-9)18-2)11(15)13(6-7-13)12(16)17/h3-5,8H,6-7H2,1-2H3,(H,16,17). The van der Waals surface area contributed by atoms with Crippen molar-refractivity contribution in [2.75, 3.05) is 18.2 Å². The first-order valence-electron chi connectivity index (χ1n) is 5.67. The number of aliphatic carboxylic acids is 1. The Morgan fingerprint density at radius 3 is 2.56 bits per heavy atom. The third-order valence-electron chi connectivity index (χ3n) is 3.31. The van der Waals surface area contributed by atoms with Gasteiger partial charge in [0, 0.05) is 17.6 Å². The van der Waals surface area contributed by atoms with Crippen LogP contribution in [0.25, 0.3) is 0 Å². The highest BCUT2D eigenvalue weighted by molar-refractivity contribution is 7.98. The monoisotopic (exact) mass is 265 g/mol. The van der Waals surface area contributed by atoms with Crippen LogP contribution < -0.4 is 4.90 Å². The lowest BCUT2D eigenvalue weighted by Gasteiger charge is -2.21. The van der Waals surface area contributed by atoms with Crippen molar-refractivity contribution in [3.05, 3.63) is 24.3 Å². The zero-order valence-electron chi connectivity index (χ0n) is 10.3. The molecule has 2 rings (SSSR count). The van der Waals surface area contributed by atoms with Crippen molar-refractivity contribution in [1.82, 2.24) is 0 Å². The summed E-state index contributed by atoms with van der Waals surface area (Å²) in [5.74, 6) is -1.34. The van der Waals surface area contributed by atoms with Crippen molar-refractivity contribution in [3.8, 4) is 0 Å². The molecule has 1 aromatic rings. The second kappa shape index (κ2) is 4.65. The van der Waals surface area contributed by atoms with Crippen molar-refractivity contribution < 1.29 is 14.7 Å². The fourth-order valence-electron chi connectivity index (χ4n) is 1.90. The normalized spacial score (nSPS) is 16.1. The summed E-state index contributed by atoms with van der Waals surface area (Å²) in [5.41, 5.74) is -0.441. The number of hydrogen-bond acceptors (Lipinski definition) is 3. The zero-order chi connectivity index (χ0) is 13.3. The highest BCUT2D eigenvalue weighted by Crippen LogP contribution is 2.47. The molecule has 0 aliphatic heterocycles. The summed E-state index contributed by atoms with van der Waals surface area (Å²) in [7, 11) is 1.63. The van der Waals surface area contributed by atoms with Crippen LogP contribution in [-0.4, -0.2) is 30.3 Å². The van der Waals surface area contributed by atoms with E-state index in [1.165, 1.54) is 4.90 Å². The van der Waals surface area contributed by atoms with E-state index >= 15 is 0 Å². The van der Waals surface area contributed by atoms with Crippen LogP contribution in [-0.2, 0) is 9.59 Å². The van der Waals surface area contributed by atoms with Gasteiger partial charge in [0.25, 0.3) is 0 Å². The van der Waals surface area contributed by atoms with E-state index in [0.717, 1.165) is 10.6 Å². The van der Waals surface area contributed by atoms with Crippen LogP contribution in [0, 0.1) is 5.41 Å². The molecule has 1 saturated carbocycles. The first-order chi connectivity index (χ1) is 8.51. The third kappa shape index (κ3) is 2.10. The largest absolute Gasteiger partial charge is 0.480 e. The molecule has 96 valence electrons. The van der Waals surface area contributed by atoms with Crippen LogP contribution in [0.15, 0.2) is 29.2 Å². The lowest BCUT2D eigenvalue weighted by atomic mass is 10.1. The van der Waals surface area contributed by atoms with E-state index in [0.29, 0.717) is 12.8 Å². The van der Waals surface area contributed by atoms with E-state index in [1.807, 2.05) is 30.5 Å². The number of hydrogen-bond donors (Lipinski definition) is 1. The maximum atomic E-state index is 12.2. The van der Waals surface area contributed by atoms with Crippen molar-refractivity contribution in [2.24, 2.45) is 5.41 Å². The molecule has 1 N–H and O–H groups in total. The summed E-state index contributed by atoms with van der Waals surface area (Å²) in [6.07, 6.45) is 2.84. The number of carboxylic acids is 1. The predicted molar refractivity (Wildman–Crippen MR) is 70.9 cm³/mol. The molecular weight excluding hydrogens is 250 g/mol. The summed E-state index contributed by atoms with van der Waals surface area (Å²) in [6.45, 7) is 0. The average Bonchev–Trinajstić information content (AvgIpc) is 3.18. The van der Waals surface area contributed by atoms with Gasteiger partial charge < -0.3 is 10.0 Å². The molecule has 18 heavy (non-hydrogen) atoms. The lowest BCUT2D eigenvalue weighted by Crippen LogP contribution is -2.38. The summed E-state index contributed by atoms with van der Waals surface area (Å²) in [5, 5.41) is 9.12. The highest BCUT2D eigenvalue weighted by atomic mass is 32.2. The van der Waals surface area contributed by atoms with E-state index < -0.39 is 11.4 Å². The summed E-state index contributed by atoms with van der Waals surface area (Å²) in [6, 6.07) is 7.53. The number of carbonyl (C=O) groups is 2. The van der Waals surface area contributed by atoms with Gasteiger partial charge in [-0.25, -0.2) is 0 Å². The maximum absolute atomic E-state index is 12.2. The first kappa shape index (κ1) is 13.0. The van der Waals surface area contributed by atoms with Crippen LogP contribution in [0.2, 0.25) is 0 Å². The molecule has 1 aromatic carbocycles. The van der Waals surface area contributed by atoms with E-state index in [4.69, 9.17) is 5.11 Å². The number of nitrogens with zero attached hydrogens (tertiary/aromatic N) is 1. The van der Waals surface area contributed by atoms with Crippen molar-refractivity contribution >= 4 is 29.3 Å². The Morgan fingerprint density at radius 2 is 2.06 bits per heavy atom. The third-order valence-corrected chi connectivity index (χ3v) is 4.04. The summed E-state index contributed by atoms with van der Waals surface area (Å²) in [4.78, 5) is 25.8. The van der Waals surface area contributed by atoms with Gasteiger partial charge in [0.1, 0.15) is 5.41 Å². The summed E-state index contributed by atoms with van der Waals surface area (Å²) < 4.78 is 0. The number of carboxylic acid groups (broad SMARTS) is 1. The van der Waals surface area contributed by atoms with E-state index in [1.54, 1.807) is 18.8 Å². The SMILES string of the molecule is CSc1cccc(N(C)C(=O)C2(C(=O)O)CC2)c1. The predicted octanol–water partition coefficient (Wildman–Crippen LogP) is 2.24. The van der Waals surface area contributed by atoms with Crippen LogP contribution in [0.5, 0.6) is 0 Å². The van der Waals surface area contributed by atoms with E-state index in [9.17, 15) is 9.59 Å². The van der Waals surface area contributed by atoms with Gasteiger partial charge in [-0.3, -0.25) is 9.59 Å². The van der Waals surface area contributed by atoms with E-state index in [-0.39, 0.29) is 5.91 Å². The molecule has 0 atom stereocenters. The molecule has 0 spiro atoms. The number of thioether (sulfide) groups is 1. The minimum absolute atomic E-state index is 0.326. The van der Waals surface area contributed by atoms with Crippen LogP contribution in [0.3, 0.4) is 0 Å². The minimum Gasteiger partial charge on any atom is -0.480 e. The van der Waals surface area contributed by atoms with Gasteiger partial charge in [0.05, 0.1) is 0 Å². The average molecular weight is 265 g/mol. The van der Waals surface area contributed by atoms with Crippen molar-refractivity contribution in [1.29, 1.82) is 0 Å². The number of anilines is 1. The molecule has 1 fully saturated rings. The highest BCUT2D eigenvalue weighted by Gasteiger charge is 2.58. The van der Waals surface area contributed by atoms with Crippen molar-refractivity contribution in [2.45, 2.75) is 17.7 Å². The van der Waals surface area contributed by atoms with Crippen LogP contribution in [0.1, 0.15) is 12.8 Å². The second-order valence-electron chi connectivity index (χ2n) is 4.45. The number of carbonyl (C=O) groups excluding carboxylic acids is 1. The number of amides is 1. The van der Waals surface area contributed by atoms with Gasteiger partial charge in [-0.05, 0) is 37.3 Å². The smallest absolute Gasteiger partial charge is 0.319 e. The molecule has 5 heteroatoms. The van der Waals surface area contributed by atoms with E-state index in [2.05, 4.69) is 0 Å². The molecule has 0 bridgehead atoms. The molecule has 0 unspecified atom stereocenters. The molecular formula is C13H15NO3S. The lowest BCUT2D eigenvalue weighted by molar-refractivity contribution is -0.148. The Kier molecular flexibility index (Phi) is 3.34. The van der Waals surface area contributed by atoms with Gasteiger partial charge in [-0.2, -0.15) is 0 Å². The van der Waals surface area contributed by atoms with Crippen LogP contribution in [0.4, 0.5) is 5.69 Å². The molecule has 0 radical (unpaired) electrons. The molecule has 0 heterocycles. The van der Waals surface area contributed by atoms with Gasteiger partial charge >= 0.3 is 5.97 Å². The van der Waals surface area contributed by atoms with Gasteiger partial charge in [0.15, 0.2) is 0 Å². The molecule has 4 nitrogen and oxygen atoms in total. The Labute approximate surface area is 110 Å². The van der Waals surface area contributed by atoms with Gasteiger partial charge in [-0.15, -0.1) is 11.8 Å². The second-order valence-corrected chi connectivity index (χ2v) is 5.33. The topological polar surface area (TPSA) is 57.6 Å². The van der Waals surface area contributed by atoms with Gasteiger partial charge in [-0.1, -0.05) is 6.07 Å². The first-order valence-corrected chi connectivity index (χ1v) is 6.89. The van der Waals surface area contributed by atoms with Crippen LogP contribution >= 0.6 is 11.8 Å². The summed E-state index contributed by atoms with van der Waals surface area (Å²) >= 11 is 1.59. The molecule has 1 amide bonds. The Bertz CT molecular complexity index is 497. The Balaban J connectivity index is 2.23. The molecule has 0 aromatic heterocycles. The quantitative estimate of drug-likeness (QED) is 0.670. The molecule has 1 aliphatic rings. The molecule has 1 aliphatic carbocycles. The Hall–Kier alpha value is -1.49. The molecule has 0 saturated heterocycles. The Morgan fingerprint density at radius 1 is 1.39 bits per heavy atom. The maximum Gasteiger partial charge on any atom is 0.319 e. The fourth-order valence-corrected chi connectivity index (χ4v) is 2.35. The van der Waals surface area contributed by atoms with Gasteiger partial charge in [0.2, 0.25) is 5.91 Å². The number of rotatable bonds is 4. The minimum atomic E-state index is -1.18.